The van der Waals surface area contributed by atoms with Crippen LogP contribution >= 0.6 is 0 Å². The molecule has 122 valence electrons. The van der Waals surface area contributed by atoms with Gasteiger partial charge in [0.25, 0.3) is 0 Å². The Morgan fingerprint density at radius 3 is 2.64 bits per heavy atom. The van der Waals surface area contributed by atoms with Crippen LogP contribution in [0.1, 0.15) is 53.4 Å². The molecule has 0 saturated heterocycles. The molecule has 0 unspecified atom stereocenters. The van der Waals surface area contributed by atoms with E-state index in [-0.39, 0.29) is 18.4 Å². The highest BCUT2D eigenvalue weighted by Crippen LogP contribution is 2.66. The number of methoxy groups -OCH3 is 1. The second-order valence-corrected chi connectivity index (χ2v) is 7.97. The number of carbonyl (C=O) groups is 2. The Hall–Kier alpha value is -1.39. The lowest BCUT2D eigenvalue weighted by atomic mass is 9.81. The normalized spacial score (nSPS) is 41.7. The standard InChI is InChI=1S/C17H25NO4/c1-15(2)10-8-12-17(4,9-11(10)15)22-14(20)16(3,18-12)7-6-13(19)21-5/h10-11H,6-9H2,1-5H3/t10-,11+,16+,17+/m1/s1. The monoisotopic (exact) mass is 307 g/mol. The molecule has 2 fully saturated rings. The molecule has 0 spiro atoms. The SMILES string of the molecule is COC(=O)CC[C@]1(C)N=C2C[C@@H]3[C@H](C[C@]2(C)OC1=O)C3(C)C. The summed E-state index contributed by atoms with van der Waals surface area (Å²) in [5.41, 5.74) is -0.213. The van der Waals surface area contributed by atoms with Crippen LogP contribution in [0, 0.1) is 17.3 Å². The average Bonchev–Trinajstić information content (AvgIpc) is 2.95. The van der Waals surface area contributed by atoms with E-state index < -0.39 is 11.1 Å². The smallest absolute Gasteiger partial charge is 0.334 e. The van der Waals surface area contributed by atoms with Gasteiger partial charge in [0.1, 0.15) is 5.60 Å². The predicted octanol–water partition coefficient (Wildman–Crippen LogP) is 2.52. The summed E-state index contributed by atoms with van der Waals surface area (Å²) in [6.07, 6.45) is 2.26. The molecule has 0 aromatic heterocycles. The molecule has 5 nitrogen and oxygen atoms in total. The Balaban J connectivity index is 1.84. The van der Waals surface area contributed by atoms with Gasteiger partial charge >= 0.3 is 11.9 Å². The van der Waals surface area contributed by atoms with Crippen LogP contribution in [0.5, 0.6) is 0 Å². The van der Waals surface area contributed by atoms with E-state index in [1.165, 1.54) is 7.11 Å². The Bertz CT molecular complexity index is 567. The van der Waals surface area contributed by atoms with Gasteiger partial charge in [-0.2, -0.15) is 0 Å². The molecule has 4 atom stereocenters. The summed E-state index contributed by atoms with van der Waals surface area (Å²) >= 11 is 0. The fourth-order valence-corrected chi connectivity index (χ4v) is 4.16. The quantitative estimate of drug-likeness (QED) is 0.752. The third-order valence-electron chi connectivity index (χ3n) is 6.10. The van der Waals surface area contributed by atoms with Gasteiger partial charge < -0.3 is 9.47 Å². The first-order valence-corrected chi connectivity index (χ1v) is 8.02. The van der Waals surface area contributed by atoms with E-state index in [0.717, 1.165) is 18.6 Å². The average molecular weight is 307 g/mol. The van der Waals surface area contributed by atoms with Crippen LogP contribution in [-0.2, 0) is 19.1 Å². The molecule has 0 aromatic rings. The highest BCUT2D eigenvalue weighted by atomic mass is 16.6. The van der Waals surface area contributed by atoms with Crippen molar-refractivity contribution in [3.8, 4) is 0 Å². The van der Waals surface area contributed by atoms with E-state index in [4.69, 9.17) is 9.73 Å². The van der Waals surface area contributed by atoms with Gasteiger partial charge in [-0.3, -0.25) is 9.79 Å². The number of nitrogens with zero attached hydrogens (tertiary/aromatic N) is 1. The van der Waals surface area contributed by atoms with Gasteiger partial charge in [0.15, 0.2) is 5.54 Å². The Morgan fingerprint density at radius 2 is 2.00 bits per heavy atom. The molecular weight excluding hydrogens is 282 g/mol. The van der Waals surface area contributed by atoms with Crippen molar-refractivity contribution >= 4 is 17.7 Å². The molecule has 0 aromatic carbocycles. The summed E-state index contributed by atoms with van der Waals surface area (Å²) in [6, 6.07) is 0. The topological polar surface area (TPSA) is 65.0 Å². The minimum absolute atomic E-state index is 0.174. The predicted molar refractivity (Wildman–Crippen MR) is 81.6 cm³/mol. The molecule has 2 saturated carbocycles. The number of aliphatic imine (C=N–C) groups is 1. The zero-order chi connectivity index (χ0) is 16.3. The number of fused-ring (bicyclic) bond motifs is 2. The van der Waals surface area contributed by atoms with Crippen molar-refractivity contribution in [2.75, 3.05) is 7.11 Å². The molecule has 3 rings (SSSR count). The number of esters is 2. The maximum Gasteiger partial charge on any atom is 0.334 e. The van der Waals surface area contributed by atoms with Gasteiger partial charge in [-0.25, -0.2) is 4.79 Å². The molecule has 3 aliphatic rings. The van der Waals surface area contributed by atoms with Crippen molar-refractivity contribution in [1.29, 1.82) is 0 Å². The lowest BCUT2D eigenvalue weighted by Crippen LogP contribution is -2.54. The summed E-state index contributed by atoms with van der Waals surface area (Å²) in [4.78, 5) is 28.6. The maximum atomic E-state index is 12.5. The molecule has 22 heavy (non-hydrogen) atoms. The Morgan fingerprint density at radius 1 is 1.32 bits per heavy atom. The molecule has 0 N–H and O–H groups in total. The van der Waals surface area contributed by atoms with Crippen molar-refractivity contribution in [2.24, 2.45) is 22.2 Å². The van der Waals surface area contributed by atoms with Crippen molar-refractivity contribution in [1.82, 2.24) is 0 Å². The lowest BCUT2D eigenvalue weighted by Gasteiger charge is -2.42. The van der Waals surface area contributed by atoms with Gasteiger partial charge in [0.2, 0.25) is 0 Å². The molecule has 1 aliphatic heterocycles. The van der Waals surface area contributed by atoms with Crippen molar-refractivity contribution in [3.05, 3.63) is 0 Å². The van der Waals surface area contributed by atoms with Crippen LogP contribution in [0.3, 0.4) is 0 Å². The third-order valence-corrected chi connectivity index (χ3v) is 6.10. The molecule has 0 bridgehead atoms. The molecule has 1 heterocycles. The first-order valence-electron chi connectivity index (χ1n) is 8.02. The highest BCUT2D eigenvalue weighted by molar-refractivity contribution is 6.01. The van der Waals surface area contributed by atoms with E-state index in [9.17, 15) is 9.59 Å². The number of hydrogen-bond acceptors (Lipinski definition) is 5. The summed E-state index contributed by atoms with van der Waals surface area (Å²) < 4.78 is 10.5. The van der Waals surface area contributed by atoms with Crippen LogP contribution in [0.4, 0.5) is 0 Å². The summed E-state index contributed by atoms with van der Waals surface area (Å²) in [7, 11) is 1.35. The number of carbonyl (C=O) groups excluding carboxylic acids is 2. The van der Waals surface area contributed by atoms with E-state index >= 15 is 0 Å². The molecular formula is C17H25NO4. The van der Waals surface area contributed by atoms with Crippen LogP contribution in [-0.4, -0.2) is 35.9 Å². The van der Waals surface area contributed by atoms with Crippen molar-refractivity contribution in [2.45, 2.75) is 64.5 Å². The summed E-state index contributed by atoms with van der Waals surface area (Å²) in [5.74, 6) is 0.610. The highest BCUT2D eigenvalue weighted by Gasteiger charge is 2.65. The van der Waals surface area contributed by atoms with Gasteiger partial charge in [-0.15, -0.1) is 0 Å². The van der Waals surface area contributed by atoms with Crippen molar-refractivity contribution < 1.29 is 19.1 Å². The molecule has 5 heteroatoms. The Labute approximate surface area is 131 Å². The van der Waals surface area contributed by atoms with Crippen molar-refractivity contribution in [3.63, 3.8) is 0 Å². The fraction of sp³-hybridized carbons (Fsp3) is 0.824. The largest absolute Gasteiger partial charge is 0.469 e. The summed E-state index contributed by atoms with van der Waals surface area (Å²) in [6.45, 7) is 8.30. The van der Waals surface area contributed by atoms with E-state index in [1.54, 1.807) is 6.92 Å². The first kappa shape index (κ1) is 15.5. The van der Waals surface area contributed by atoms with Crippen LogP contribution in [0.25, 0.3) is 0 Å². The van der Waals surface area contributed by atoms with E-state index in [1.807, 2.05) is 6.92 Å². The summed E-state index contributed by atoms with van der Waals surface area (Å²) in [5, 5.41) is 0. The van der Waals surface area contributed by atoms with Gasteiger partial charge in [0.05, 0.1) is 12.8 Å². The van der Waals surface area contributed by atoms with Crippen LogP contribution in [0.2, 0.25) is 0 Å². The van der Waals surface area contributed by atoms with E-state index in [2.05, 4.69) is 18.6 Å². The first-order chi connectivity index (χ1) is 10.1. The zero-order valence-corrected chi connectivity index (χ0v) is 14.1. The second kappa shape index (κ2) is 4.56. The third kappa shape index (κ3) is 2.17. The van der Waals surface area contributed by atoms with Gasteiger partial charge in [-0.05, 0) is 50.4 Å². The Kier molecular flexibility index (Phi) is 3.21. The zero-order valence-electron chi connectivity index (χ0n) is 14.1. The molecule has 0 radical (unpaired) electrons. The van der Waals surface area contributed by atoms with Gasteiger partial charge in [-0.1, -0.05) is 13.8 Å². The van der Waals surface area contributed by atoms with Gasteiger partial charge in [0, 0.05) is 6.42 Å². The number of rotatable bonds is 3. The maximum absolute atomic E-state index is 12.5. The number of hydrogen-bond donors (Lipinski definition) is 0. The van der Waals surface area contributed by atoms with Crippen LogP contribution in [0.15, 0.2) is 4.99 Å². The van der Waals surface area contributed by atoms with Crippen LogP contribution < -0.4 is 0 Å². The minimum atomic E-state index is -0.963. The minimum Gasteiger partial charge on any atom is -0.469 e. The van der Waals surface area contributed by atoms with E-state index in [0.29, 0.717) is 23.7 Å². The molecule has 2 aliphatic carbocycles. The lowest BCUT2D eigenvalue weighted by molar-refractivity contribution is -0.162. The number of ether oxygens (including phenoxy) is 2. The second-order valence-electron chi connectivity index (χ2n) is 7.97. The molecule has 0 amide bonds. The fourth-order valence-electron chi connectivity index (χ4n) is 4.16.